The Labute approximate surface area is 113 Å². The molecule has 0 radical (unpaired) electrons. The zero-order chi connectivity index (χ0) is 13.2. The topological polar surface area (TPSA) is 55.1 Å². The highest BCUT2D eigenvalue weighted by atomic mass is 35.5. The van der Waals surface area contributed by atoms with Gasteiger partial charge in [-0.15, -0.1) is 0 Å². The van der Waals surface area contributed by atoms with Crippen molar-refractivity contribution in [3.8, 4) is 0 Å². The van der Waals surface area contributed by atoms with Gasteiger partial charge in [0.25, 0.3) is 0 Å². The molecule has 1 fully saturated rings. The Balaban J connectivity index is 2.07. The molecular weight excluding hydrogens is 248 g/mol. The summed E-state index contributed by atoms with van der Waals surface area (Å²) in [5.41, 5.74) is 6.68. The maximum absolute atomic E-state index is 12.0. The van der Waals surface area contributed by atoms with Crippen LogP contribution in [0, 0.1) is 0 Å². The van der Waals surface area contributed by atoms with Crippen LogP contribution in [0.3, 0.4) is 0 Å². The monoisotopic (exact) mass is 266 g/mol. The van der Waals surface area contributed by atoms with Gasteiger partial charge in [-0.3, -0.25) is 4.79 Å². The van der Waals surface area contributed by atoms with Gasteiger partial charge < -0.3 is 11.1 Å². The summed E-state index contributed by atoms with van der Waals surface area (Å²) in [5, 5.41) is 3.77. The second kappa shape index (κ2) is 5.29. The van der Waals surface area contributed by atoms with Crippen LogP contribution in [0.5, 0.6) is 0 Å². The van der Waals surface area contributed by atoms with Gasteiger partial charge in [0, 0.05) is 5.02 Å². The Bertz CT molecular complexity index is 443. The van der Waals surface area contributed by atoms with Crippen molar-refractivity contribution < 1.29 is 4.79 Å². The van der Waals surface area contributed by atoms with Crippen LogP contribution in [-0.2, 0) is 10.3 Å². The van der Waals surface area contributed by atoms with E-state index in [1.165, 1.54) is 0 Å². The van der Waals surface area contributed by atoms with E-state index in [4.69, 9.17) is 17.3 Å². The Morgan fingerprint density at radius 1 is 1.56 bits per heavy atom. The van der Waals surface area contributed by atoms with Gasteiger partial charge in [0.05, 0.1) is 11.6 Å². The van der Waals surface area contributed by atoms with Gasteiger partial charge in [-0.25, -0.2) is 0 Å². The molecule has 1 unspecified atom stereocenters. The third-order valence-corrected chi connectivity index (χ3v) is 3.66. The second-order valence-electron chi connectivity index (χ2n) is 4.98. The second-order valence-corrected chi connectivity index (χ2v) is 5.41. The molecule has 1 aromatic carbocycles. The van der Waals surface area contributed by atoms with E-state index in [1.54, 1.807) is 0 Å². The van der Waals surface area contributed by atoms with E-state index < -0.39 is 6.04 Å². The summed E-state index contributed by atoms with van der Waals surface area (Å²) in [7, 11) is 0. The van der Waals surface area contributed by atoms with Crippen molar-refractivity contribution in [3.05, 3.63) is 34.9 Å². The normalized spacial score (nSPS) is 18.2. The van der Waals surface area contributed by atoms with Gasteiger partial charge in [-0.05, 0) is 37.0 Å². The number of nitrogens with two attached hydrogens (primary N) is 1. The molecule has 4 heteroatoms. The van der Waals surface area contributed by atoms with Gasteiger partial charge in [0.2, 0.25) is 5.91 Å². The molecule has 1 aliphatic carbocycles. The van der Waals surface area contributed by atoms with Crippen LogP contribution in [-0.4, -0.2) is 11.9 Å². The molecule has 1 amide bonds. The van der Waals surface area contributed by atoms with E-state index in [-0.39, 0.29) is 11.4 Å². The lowest BCUT2D eigenvalue weighted by molar-refractivity contribution is -0.123. The number of carbonyl (C=O) groups excluding carboxylic acids is 1. The van der Waals surface area contributed by atoms with Gasteiger partial charge in [-0.2, -0.15) is 0 Å². The van der Waals surface area contributed by atoms with E-state index in [2.05, 4.69) is 5.32 Å². The van der Waals surface area contributed by atoms with Crippen LogP contribution in [0.1, 0.15) is 38.2 Å². The molecule has 2 rings (SSSR count). The first kappa shape index (κ1) is 13.4. The molecule has 1 saturated carbocycles. The van der Waals surface area contributed by atoms with Gasteiger partial charge >= 0.3 is 0 Å². The van der Waals surface area contributed by atoms with E-state index >= 15 is 0 Å². The molecule has 0 aliphatic heterocycles. The smallest absolute Gasteiger partial charge is 0.237 e. The number of nitrogens with one attached hydrogen (secondary N) is 1. The summed E-state index contributed by atoms with van der Waals surface area (Å²) >= 11 is 5.99. The minimum Gasteiger partial charge on any atom is -0.345 e. The van der Waals surface area contributed by atoms with Crippen LogP contribution >= 0.6 is 11.6 Å². The van der Waals surface area contributed by atoms with Gasteiger partial charge in [0.1, 0.15) is 0 Å². The lowest BCUT2D eigenvalue weighted by Gasteiger charge is -2.20. The van der Waals surface area contributed by atoms with E-state index in [9.17, 15) is 4.79 Å². The third-order valence-electron chi connectivity index (χ3n) is 3.43. The van der Waals surface area contributed by atoms with Gasteiger partial charge in [0.15, 0.2) is 0 Å². The third kappa shape index (κ3) is 2.85. The lowest BCUT2D eigenvalue weighted by Crippen LogP contribution is -2.45. The Hall–Kier alpha value is -1.06. The molecule has 1 atom stereocenters. The molecule has 3 nitrogen and oxygen atoms in total. The number of rotatable bonds is 5. The van der Waals surface area contributed by atoms with Crippen LogP contribution < -0.4 is 11.1 Å². The zero-order valence-electron chi connectivity index (χ0n) is 10.6. The van der Waals surface area contributed by atoms with E-state index in [0.717, 1.165) is 31.2 Å². The van der Waals surface area contributed by atoms with Crippen molar-refractivity contribution in [1.29, 1.82) is 0 Å². The van der Waals surface area contributed by atoms with Gasteiger partial charge in [-0.1, -0.05) is 37.1 Å². The number of halogens is 1. The zero-order valence-corrected chi connectivity index (χ0v) is 11.3. The molecular formula is C14H19ClN2O. The number of carbonyl (C=O) groups is 1. The minimum absolute atomic E-state index is 0.0608. The molecule has 18 heavy (non-hydrogen) atoms. The standard InChI is InChI=1S/C14H19ClN2O/c1-2-4-12(16)13(18)17-14(7-8-14)10-5-3-6-11(15)9-10/h3,5-6,9,12H,2,4,7-8,16H2,1H3,(H,17,18). The average Bonchev–Trinajstić information content (AvgIpc) is 3.10. The minimum atomic E-state index is -0.411. The quantitative estimate of drug-likeness (QED) is 0.861. The summed E-state index contributed by atoms with van der Waals surface area (Å²) in [6.45, 7) is 2.02. The number of hydrogen-bond acceptors (Lipinski definition) is 2. The molecule has 1 aromatic rings. The largest absolute Gasteiger partial charge is 0.345 e. The molecule has 0 saturated heterocycles. The fraction of sp³-hybridized carbons (Fsp3) is 0.500. The van der Waals surface area contributed by atoms with Crippen molar-refractivity contribution >= 4 is 17.5 Å². The van der Waals surface area contributed by atoms with Crippen molar-refractivity contribution in [1.82, 2.24) is 5.32 Å². The highest BCUT2D eigenvalue weighted by molar-refractivity contribution is 6.30. The molecule has 0 heterocycles. The van der Waals surface area contributed by atoms with Crippen LogP contribution in [0.15, 0.2) is 24.3 Å². The van der Waals surface area contributed by atoms with Crippen LogP contribution in [0.2, 0.25) is 5.02 Å². The first-order valence-corrected chi connectivity index (χ1v) is 6.79. The van der Waals surface area contributed by atoms with E-state index in [0.29, 0.717) is 5.02 Å². The van der Waals surface area contributed by atoms with E-state index in [1.807, 2.05) is 31.2 Å². The number of benzene rings is 1. The number of amides is 1. The molecule has 98 valence electrons. The summed E-state index contributed by atoms with van der Waals surface area (Å²) in [6, 6.07) is 7.26. The predicted molar refractivity (Wildman–Crippen MR) is 73.4 cm³/mol. The predicted octanol–water partition coefficient (Wildman–Crippen LogP) is 2.57. The maximum Gasteiger partial charge on any atom is 0.237 e. The Morgan fingerprint density at radius 2 is 2.28 bits per heavy atom. The lowest BCUT2D eigenvalue weighted by atomic mass is 10.0. The first-order chi connectivity index (χ1) is 8.57. The Kier molecular flexibility index (Phi) is 3.93. The highest BCUT2D eigenvalue weighted by Gasteiger charge is 2.46. The summed E-state index contributed by atoms with van der Waals surface area (Å²) in [4.78, 5) is 12.0. The molecule has 0 aromatic heterocycles. The maximum atomic E-state index is 12.0. The summed E-state index contributed by atoms with van der Waals surface area (Å²) < 4.78 is 0. The molecule has 3 N–H and O–H groups in total. The van der Waals surface area contributed by atoms with Crippen molar-refractivity contribution in [2.75, 3.05) is 0 Å². The summed E-state index contributed by atoms with van der Waals surface area (Å²) in [6.07, 6.45) is 3.55. The first-order valence-electron chi connectivity index (χ1n) is 6.41. The number of hydrogen-bond donors (Lipinski definition) is 2. The highest BCUT2D eigenvalue weighted by Crippen LogP contribution is 2.46. The van der Waals surface area contributed by atoms with Crippen molar-refractivity contribution in [3.63, 3.8) is 0 Å². The van der Waals surface area contributed by atoms with Crippen molar-refractivity contribution in [2.45, 2.75) is 44.2 Å². The van der Waals surface area contributed by atoms with Crippen LogP contribution in [0.25, 0.3) is 0 Å². The summed E-state index contributed by atoms with van der Waals surface area (Å²) in [5.74, 6) is -0.0608. The molecule has 1 aliphatic rings. The molecule has 0 bridgehead atoms. The fourth-order valence-corrected chi connectivity index (χ4v) is 2.36. The fourth-order valence-electron chi connectivity index (χ4n) is 2.17. The average molecular weight is 267 g/mol. The van der Waals surface area contributed by atoms with Crippen molar-refractivity contribution in [2.24, 2.45) is 5.73 Å². The van der Waals surface area contributed by atoms with Crippen LogP contribution in [0.4, 0.5) is 0 Å². The Morgan fingerprint density at radius 3 is 2.83 bits per heavy atom. The molecule has 0 spiro atoms. The SMILES string of the molecule is CCCC(N)C(=O)NC1(c2cccc(Cl)c2)CC1.